The molecule has 0 amide bonds. The third-order valence-corrected chi connectivity index (χ3v) is 3.78. The van der Waals surface area contributed by atoms with Crippen molar-refractivity contribution in [3.63, 3.8) is 0 Å². The van der Waals surface area contributed by atoms with Crippen LogP contribution in [0.3, 0.4) is 0 Å². The van der Waals surface area contributed by atoms with Crippen molar-refractivity contribution in [2.24, 2.45) is 0 Å². The molecule has 18 heavy (non-hydrogen) atoms. The molecule has 2 rings (SSSR count). The Hall–Kier alpha value is -1.36. The zero-order valence-electron chi connectivity index (χ0n) is 10.0. The largest absolute Gasteiger partial charge is 0.457 e. The van der Waals surface area contributed by atoms with Gasteiger partial charge in [-0.3, -0.25) is 0 Å². The van der Waals surface area contributed by atoms with Gasteiger partial charge in [0.1, 0.15) is 6.61 Å². The van der Waals surface area contributed by atoms with E-state index in [0.29, 0.717) is 12.2 Å². The van der Waals surface area contributed by atoms with Crippen LogP contribution in [-0.2, 0) is 11.3 Å². The minimum Gasteiger partial charge on any atom is -0.457 e. The average Bonchev–Trinajstić information content (AvgIpc) is 2.41. The molecular weight excluding hydrogens is 339 g/mol. The Morgan fingerprint density at radius 2 is 1.89 bits per heavy atom. The summed E-state index contributed by atoms with van der Waals surface area (Å²) < 4.78 is 6.45. The van der Waals surface area contributed by atoms with E-state index in [9.17, 15) is 4.79 Å². The summed E-state index contributed by atoms with van der Waals surface area (Å²) in [4.78, 5) is 11.7. The summed E-state index contributed by atoms with van der Waals surface area (Å²) in [5.74, 6) is -0.286. The van der Waals surface area contributed by atoms with Gasteiger partial charge in [0, 0.05) is 3.57 Å². The maximum atomic E-state index is 11.7. The highest BCUT2D eigenvalue weighted by atomic mass is 127. The molecule has 0 aliphatic heterocycles. The van der Waals surface area contributed by atoms with E-state index in [2.05, 4.69) is 29.5 Å². The van der Waals surface area contributed by atoms with Crippen molar-refractivity contribution in [2.45, 2.75) is 13.5 Å². The minimum absolute atomic E-state index is 0.286. The number of ether oxygens (including phenoxy) is 1. The van der Waals surface area contributed by atoms with Crippen molar-refractivity contribution in [3.05, 3.63) is 68.8 Å². The molecule has 0 heterocycles. The summed E-state index contributed by atoms with van der Waals surface area (Å²) in [6.45, 7) is 2.37. The summed E-state index contributed by atoms with van der Waals surface area (Å²) >= 11 is 2.28. The number of aryl methyl sites for hydroxylation is 1. The minimum atomic E-state index is -0.286. The van der Waals surface area contributed by atoms with E-state index in [1.54, 1.807) is 12.1 Å². The molecular formula is C15H13IO2. The third kappa shape index (κ3) is 3.32. The lowest BCUT2D eigenvalue weighted by Crippen LogP contribution is -2.05. The molecule has 0 fully saturated rings. The van der Waals surface area contributed by atoms with Crippen LogP contribution in [0.2, 0.25) is 0 Å². The Morgan fingerprint density at radius 3 is 2.56 bits per heavy atom. The number of benzene rings is 2. The first kappa shape index (κ1) is 13.1. The summed E-state index contributed by atoms with van der Waals surface area (Å²) in [5.41, 5.74) is 2.82. The Bertz CT molecular complexity index is 550. The van der Waals surface area contributed by atoms with Gasteiger partial charge in [0.05, 0.1) is 5.56 Å². The molecule has 0 atom stereocenters. The van der Waals surface area contributed by atoms with Gasteiger partial charge in [-0.1, -0.05) is 30.3 Å². The van der Waals surface area contributed by atoms with Gasteiger partial charge in [0.15, 0.2) is 0 Å². The van der Waals surface area contributed by atoms with Crippen molar-refractivity contribution < 1.29 is 9.53 Å². The Labute approximate surface area is 120 Å². The van der Waals surface area contributed by atoms with Crippen molar-refractivity contribution in [2.75, 3.05) is 0 Å². The molecule has 0 aliphatic rings. The highest BCUT2D eigenvalue weighted by molar-refractivity contribution is 14.1. The van der Waals surface area contributed by atoms with Gasteiger partial charge in [0.2, 0.25) is 0 Å². The van der Waals surface area contributed by atoms with Crippen molar-refractivity contribution in [1.82, 2.24) is 0 Å². The summed E-state index contributed by atoms with van der Waals surface area (Å²) in [5, 5.41) is 0. The predicted octanol–water partition coefficient (Wildman–Crippen LogP) is 3.96. The maximum absolute atomic E-state index is 11.7. The number of rotatable bonds is 3. The molecule has 92 valence electrons. The monoisotopic (exact) mass is 352 g/mol. The molecule has 0 saturated heterocycles. The number of esters is 1. The van der Waals surface area contributed by atoms with Gasteiger partial charge < -0.3 is 4.74 Å². The number of carbonyl (C=O) groups is 1. The fraction of sp³-hybridized carbons (Fsp3) is 0.133. The smallest absolute Gasteiger partial charge is 0.338 e. The number of hydrogen-bond donors (Lipinski definition) is 0. The Balaban J connectivity index is 1.99. The van der Waals surface area contributed by atoms with E-state index < -0.39 is 0 Å². The first-order valence-electron chi connectivity index (χ1n) is 5.64. The van der Waals surface area contributed by atoms with E-state index >= 15 is 0 Å². The highest BCUT2D eigenvalue weighted by Gasteiger charge is 2.06. The molecule has 3 heteroatoms. The molecule has 0 aromatic heterocycles. The fourth-order valence-corrected chi connectivity index (χ4v) is 2.11. The fourth-order valence-electron chi connectivity index (χ4n) is 1.53. The zero-order chi connectivity index (χ0) is 13.0. The second-order valence-electron chi connectivity index (χ2n) is 4.03. The molecule has 0 radical (unpaired) electrons. The second-order valence-corrected chi connectivity index (χ2v) is 5.19. The molecule has 0 spiro atoms. The van der Waals surface area contributed by atoms with Crippen LogP contribution in [0.15, 0.2) is 48.5 Å². The van der Waals surface area contributed by atoms with Gasteiger partial charge in [0.25, 0.3) is 0 Å². The second kappa shape index (κ2) is 6.00. The lowest BCUT2D eigenvalue weighted by Gasteiger charge is -2.06. The van der Waals surface area contributed by atoms with Crippen molar-refractivity contribution in [3.8, 4) is 0 Å². The van der Waals surface area contributed by atoms with E-state index in [1.807, 2.05) is 36.4 Å². The van der Waals surface area contributed by atoms with Gasteiger partial charge in [-0.2, -0.15) is 0 Å². The molecule has 0 bridgehead atoms. The summed E-state index contributed by atoms with van der Waals surface area (Å²) in [6, 6.07) is 15.1. The molecule has 0 aliphatic carbocycles. The lowest BCUT2D eigenvalue weighted by atomic mass is 10.2. The van der Waals surface area contributed by atoms with E-state index in [0.717, 1.165) is 5.56 Å². The number of halogens is 1. The molecule has 0 N–H and O–H groups in total. The number of hydrogen-bond acceptors (Lipinski definition) is 2. The summed E-state index contributed by atoms with van der Waals surface area (Å²) in [6.07, 6.45) is 0. The molecule has 2 aromatic rings. The summed E-state index contributed by atoms with van der Waals surface area (Å²) in [7, 11) is 0. The van der Waals surface area contributed by atoms with Crippen molar-refractivity contribution >= 4 is 28.6 Å². The van der Waals surface area contributed by atoms with Crippen molar-refractivity contribution in [1.29, 1.82) is 0 Å². The van der Waals surface area contributed by atoms with Crippen LogP contribution in [0.5, 0.6) is 0 Å². The van der Waals surface area contributed by atoms with Crippen LogP contribution in [0.25, 0.3) is 0 Å². The molecule has 0 saturated carbocycles. The van der Waals surface area contributed by atoms with Gasteiger partial charge in [-0.25, -0.2) is 4.79 Å². The van der Waals surface area contributed by atoms with Crippen LogP contribution in [0, 0.1) is 10.5 Å². The lowest BCUT2D eigenvalue weighted by molar-refractivity contribution is 0.0472. The van der Waals surface area contributed by atoms with E-state index in [1.165, 1.54) is 9.13 Å². The van der Waals surface area contributed by atoms with Crippen LogP contribution in [0.1, 0.15) is 21.5 Å². The maximum Gasteiger partial charge on any atom is 0.338 e. The molecule has 0 unspecified atom stereocenters. The van der Waals surface area contributed by atoms with Gasteiger partial charge in [-0.15, -0.1) is 0 Å². The zero-order valence-corrected chi connectivity index (χ0v) is 12.2. The van der Waals surface area contributed by atoms with E-state index in [-0.39, 0.29) is 5.97 Å². The predicted molar refractivity (Wildman–Crippen MR) is 79.5 cm³/mol. The third-order valence-electron chi connectivity index (χ3n) is 2.62. The van der Waals surface area contributed by atoms with Crippen LogP contribution in [0.4, 0.5) is 0 Å². The highest BCUT2D eigenvalue weighted by Crippen LogP contribution is 2.14. The quantitative estimate of drug-likeness (QED) is 0.618. The normalized spacial score (nSPS) is 10.1. The standard InChI is InChI=1S/C15H13IO2/c1-11-7-8-12(9-14(11)16)10-18-15(17)13-5-3-2-4-6-13/h2-9H,10H2,1H3. The first-order valence-corrected chi connectivity index (χ1v) is 6.72. The Morgan fingerprint density at radius 1 is 1.17 bits per heavy atom. The Kier molecular flexibility index (Phi) is 4.36. The van der Waals surface area contributed by atoms with E-state index in [4.69, 9.17) is 4.74 Å². The topological polar surface area (TPSA) is 26.3 Å². The van der Waals surface area contributed by atoms with Gasteiger partial charge >= 0.3 is 5.97 Å². The average molecular weight is 352 g/mol. The van der Waals surface area contributed by atoms with Gasteiger partial charge in [-0.05, 0) is 58.8 Å². The van der Waals surface area contributed by atoms with Crippen LogP contribution >= 0.6 is 22.6 Å². The first-order chi connectivity index (χ1) is 8.66. The number of carbonyl (C=O) groups excluding carboxylic acids is 1. The van der Waals surface area contributed by atoms with Crippen LogP contribution < -0.4 is 0 Å². The SMILES string of the molecule is Cc1ccc(COC(=O)c2ccccc2)cc1I. The molecule has 2 nitrogen and oxygen atoms in total. The molecule has 2 aromatic carbocycles. The van der Waals surface area contributed by atoms with Crippen LogP contribution in [-0.4, -0.2) is 5.97 Å².